The van der Waals surface area contributed by atoms with Gasteiger partial charge in [-0.05, 0) is 33.8 Å². The molecule has 0 aliphatic rings. The summed E-state index contributed by atoms with van der Waals surface area (Å²) in [4.78, 5) is 0. The summed E-state index contributed by atoms with van der Waals surface area (Å²) in [5.74, 6) is 0.321. The number of phenols is 1. The SMILES string of the molecule is Cc1ccc(O)c(C(C)Nc2cnn(C(C)C)c2)c1. The highest BCUT2D eigenvalue weighted by molar-refractivity contribution is 5.45. The molecule has 0 bridgehead atoms. The van der Waals surface area contributed by atoms with Crippen LogP contribution < -0.4 is 5.32 Å². The number of nitrogens with one attached hydrogen (secondary N) is 1. The van der Waals surface area contributed by atoms with Crippen molar-refractivity contribution in [3.63, 3.8) is 0 Å². The molecule has 1 heterocycles. The molecule has 1 aromatic heterocycles. The largest absolute Gasteiger partial charge is 0.508 e. The van der Waals surface area contributed by atoms with Gasteiger partial charge in [0.25, 0.3) is 0 Å². The van der Waals surface area contributed by atoms with Crippen LogP contribution in [0.1, 0.15) is 44.0 Å². The van der Waals surface area contributed by atoms with E-state index in [0.717, 1.165) is 16.8 Å². The first-order valence-electron chi connectivity index (χ1n) is 6.57. The van der Waals surface area contributed by atoms with E-state index < -0.39 is 0 Å². The molecule has 1 aromatic carbocycles. The highest BCUT2D eigenvalue weighted by atomic mass is 16.3. The van der Waals surface area contributed by atoms with E-state index in [4.69, 9.17) is 0 Å². The molecule has 0 aliphatic heterocycles. The normalized spacial score (nSPS) is 12.7. The Labute approximate surface area is 114 Å². The Morgan fingerprint density at radius 2 is 2.00 bits per heavy atom. The fourth-order valence-electron chi connectivity index (χ4n) is 2.04. The molecule has 0 saturated heterocycles. The van der Waals surface area contributed by atoms with Crippen molar-refractivity contribution < 1.29 is 5.11 Å². The maximum Gasteiger partial charge on any atom is 0.120 e. The van der Waals surface area contributed by atoms with E-state index in [1.807, 2.05) is 43.1 Å². The number of hydrogen-bond acceptors (Lipinski definition) is 3. The lowest BCUT2D eigenvalue weighted by Crippen LogP contribution is -2.07. The maximum atomic E-state index is 9.92. The summed E-state index contributed by atoms with van der Waals surface area (Å²) in [6, 6.07) is 6.02. The van der Waals surface area contributed by atoms with Gasteiger partial charge >= 0.3 is 0 Å². The summed E-state index contributed by atoms with van der Waals surface area (Å²) in [6.45, 7) is 8.23. The zero-order chi connectivity index (χ0) is 14.0. The van der Waals surface area contributed by atoms with Crippen LogP contribution in [0.3, 0.4) is 0 Å². The van der Waals surface area contributed by atoms with Gasteiger partial charge in [0.1, 0.15) is 5.75 Å². The predicted molar refractivity (Wildman–Crippen MR) is 77.5 cm³/mol. The monoisotopic (exact) mass is 259 g/mol. The minimum atomic E-state index is 0.0321. The molecule has 4 nitrogen and oxygen atoms in total. The molecule has 4 heteroatoms. The third-order valence-corrected chi connectivity index (χ3v) is 3.16. The van der Waals surface area contributed by atoms with Crippen molar-refractivity contribution in [2.75, 3.05) is 5.32 Å². The molecule has 0 saturated carbocycles. The van der Waals surface area contributed by atoms with Crippen LogP contribution >= 0.6 is 0 Å². The first-order valence-corrected chi connectivity index (χ1v) is 6.57. The van der Waals surface area contributed by atoms with Gasteiger partial charge in [-0.1, -0.05) is 17.7 Å². The van der Waals surface area contributed by atoms with E-state index in [1.54, 1.807) is 6.07 Å². The van der Waals surface area contributed by atoms with Crippen molar-refractivity contribution >= 4 is 5.69 Å². The van der Waals surface area contributed by atoms with Crippen molar-refractivity contribution in [2.45, 2.75) is 39.8 Å². The van der Waals surface area contributed by atoms with Crippen molar-refractivity contribution in [1.82, 2.24) is 9.78 Å². The number of aromatic hydroxyl groups is 1. The van der Waals surface area contributed by atoms with E-state index in [9.17, 15) is 5.11 Å². The molecule has 1 atom stereocenters. The molecule has 2 aromatic rings. The number of anilines is 1. The van der Waals surface area contributed by atoms with Gasteiger partial charge in [-0.25, -0.2) is 0 Å². The molecule has 0 radical (unpaired) electrons. The standard InChI is InChI=1S/C15H21N3O/c1-10(2)18-9-13(8-16-18)17-12(4)14-7-11(3)5-6-15(14)19/h5-10,12,17,19H,1-4H3. The van der Waals surface area contributed by atoms with Crippen LogP contribution in [0.25, 0.3) is 0 Å². The average Bonchev–Trinajstić information content (AvgIpc) is 2.80. The lowest BCUT2D eigenvalue weighted by Gasteiger charge is -2.16. The van der Waals surface area contributed by atoms with Gasteiger partial charge in [0.2, 0.25) is 0 Å². The average molecular weight is 259 g/mol. The highest BCUT2D eigenvalue weighted by Crippen LogP contribution is 2.27. The van der Waals surface area contributed by atoms with Gasteiger partial charge in [-0.2, -0.15) is 5.10 Å². The minimum Gasteiger partial charge on any atom is -0.508 e. The molecule has 102 valence electrons. The molecule has 19 heavy (non-hydrogen) atoms. The lowest BCUT2D eigenvalue weighted by atomic mass is 10.0. The number of benzene rings is 1. The summed E-state index contributed by atoms with van der Waals surface area (Å²) in [6.07, 6.45) is 3.79. The number of phenolic OH excluding ortho intramolecular Hbond substituents is 1. The molecular weight excluding hydrogens is 238 g/mol. The number of rotatable bonds is 4. The third kappa shape index (κ3) is 3.08. The number of hydrogen-bond donors (Lipinski definition) is 2. The molecule has 2 rings (SSSR count). The van der Waals surface area contributed by atoms with Crippen LogP contribution in [-0.2, 0) is 0 Å². The molecular formula is C15H21N3O. The molecule has 2 N–H and O–H groups in total. The number of nitrogens with zero attached hydrogens (tertiary/aromatic N) is 2. The van der Waals surface area contributed by atoms with Gasteiger partial charge in [-0.15, -0.1) is 0 Å². The maximum absolute atomic E-state index is 9.92. The lowest BCUT2D eigenvalue weighted by molar-refractivity contribution is 0.465. The van der Waals surface area contributed by atoms with Gasteiger partial charge in [0.05, 0.1) is 17.9 Å². The Morgan fingerprint density at radius 1 is 1.26 bits per heavy atom. The minimum absolute atomic E-state index is 0.0321. The van der Waals surface area contributed by atoms with Crippen molar-refractivity contribution in [3.8, 4) is 5.75 Å². The molecule has 0 fully saturated rings. The van der Waals surface area contributed by atoms with Crippen molar-refractivity contribution in [2.24, 2.45) is 0 Å². The van der Waals surface area contributed by atoms with Gasteiger partial charge in [-0.3, -0.25) is 4.68 Å². The first kappa shape index (κ1) is 13.5. The zero-order valence-electron chi connectivity index (χ0n) is 11.9. The fraction of sp³-hybridized carbons (Fsp3) is 0.400. The molecule has 0 aliphatic carbocycles. The number of aromatic nitrogens is 2. The topological polar surface area (TPSA) is 50.1 Å². The van der Waals surface area contributed by atoms with E-state index in [-0.39, 0.29) is 6.04 Å². The smallest absolute Gasteiger partial charge is 0.120 e. The first-order chi connectivity index (χ1) is 8.97. The van der Waals surface area contributed by atoms with Crippen LogP contribution in [0.15, 0.2) is 30.6 Å². The van der Waals surface area contributed by atoms with Crippen LogP contribution in [0.5, 0.6) is 5.75 Å². The van der Waals surface area contributed by atoms with Crippen LogP contribution in [0, 0.1) is 6.92 Å². The Kier molecular flexibility index (Phi) is 3.79. The van der Waals surface area contributed by atoms with Gasteiger partial charge in [0.15, 0.2) is 0 Å². The summed E-state index contributed by atoms with van der Waals surface area (Å²) >= 11 is 0. The highest BCUT2D eigenvalue weighted by Gasteiger charge is 2.11. The van der Waals surface area contributed by atoms with Gasteiger partial charge in [0, 0.05) is 17.8 Å². The summed E-state index contributed by atoms with van der Waals surface area (Å²) in [5, 5.41) is 17.6. The third-order valence-electron chi connectivity index (χ3n) is 3.16. The Bertz CT molecular complexity index is 560. The van der Waals surface area contributed by atoms with Crippen LogP contribution in [-0.4, -0.2) is 14.9 Å². The second kappa shape index (κ2) is 5.34. The van der Waals surface area contributed by atoms with Crippen molar-refractivity contribution in [1.29, 1.82) is 0 Å². The zero-order valence-corrected chi connectivity index (χ0v) is 11.9. The second-order valence-electron chi connectivity index (χ2n) is 5.23. The quantitative estimate of drug-likeness (QED) is 0.881. The Morgan fingerprint density at radius 3 is 2.63 bits per heavy atom. The fourth-order valence-corrected chi connectivity index (χ4v) is 2.04. The van der Waals surface area contributed by atoms with Crippen LogP contribution in [0.2, 0.25) is 0 Å². The van der Waals surface area contributed by atoms with Crippen molar-refractivity contribution in [3.05, 3.63) is 41.7 Å². The molecule has 0 spiro atoms. The van der Waals surface area contributed by atoms with E-state index >= 15 is 0 Å². The summed E-state index contributed by atoms with van der Waals surface area (Å²) in [5.41, 5.74) is 3.00. The van der Waals surface area contributed by atoms with Crippen LogP contribution in [0.4, 0.5) is 5.69 Å². The van der Waals surface area contributed by atoms with Gasteiger partial charge < -0.3 is 10.4 Å². The second-order valence-corrected chi connectivity index (χ2v) is 5.23. The Hall–Kier alpha value is -1.97. The molecule has 0 amide bonds. The molecule has 1 unspecified atom stereocenters. The van der Waals surface area contributed by atoms with E-state index in [2.05, 4.69) is 24.3 Å². The van der Waals surface area contributed by atoms with E-state index in [1.165, 1.54) is 0 Å². The number of aryl methyl sites for hydroxylation is 1. The summed E-state index contributed by atoms with van der Waals surface area (Å²) < 4.78 is 1.91. The van der Waals surface area contributed by atoms with E-state index in [0.29, 0.717) is 11.8 Å². The Balaban J connectivity index is 2.15. The predicted octanol–water partition coefficient (Wildman–Crippen LogP) is 3.65. The summed E-state index contributed by atoms with van der Waals surface area (Å²) in [7, 11) is 0.